The van der Waals surface area contributed by atoms with Crippen LogP contribution in [0.1, 0.15) is 37.5 Å². The number of fused-ring (bicyclic) bond motifs is 1. The minimum absolute atomic E-state index is 0.453. The predicted molar refractivity (Wildman–Crippen MR) is 115 cm³/mol. The van der Waals surface area contributed by atoms with Gasteiger partial charge in [-0.2, -0.15) is 0 Å². The van der Waals surface area contributed by atoms with Crippen molar-refractivity contribution in [1.29, 1.82) is 0 Å². The summed E-state index contributed by atoms with van der Waals surface area (Å²) in [5.41, 5.74) is 1.04. The topological polar surface area (TPSA) is 33.7 Å². The molecular formula is C21H26N2O2S2. The van der Waals surface area contributed by atoms with E-state index in [0.717, 1.165) is 28.8 Å². The lowest BCUT2D eigenvalue weighted by Crippen LogP contribution is -2.47. The number of nitrogens with one attached hydrogen (secondary N) is 1. The molecule has 0 bridgehead atoms. The van der Waals surface area contributed by atoms with Gasteiger partial charge in [0.2, 0.25) is 0 Å². The molecule has 2 atom stereocenters. The smallest absolute Gasteiger partial charge is 0.174 e. The molecule has 1 saturated carbocycles. The SMILES string of the molecule is C[C@H]1CCCC[C@H]1NC(=S)N(Cc1cccs1)c1ccc2c(c1)OCCO2. The Morgan fingerprint density at radius 3 is 2.78 bits per heavy atom. The molecule has 4 nitrogen and oxygen atoms in total. The highest BCUT2D eigenvalue weighted by atomic mass is 32.1. The zero-order valence-corrected chi connectivity index (χ0v) is 17.3. The molecule has 144 valence electrons. The molecule has 1 aromatic carbocycles. The molecule has 1 fully saturated rings. The molecule has 2 aliphatic rings. The van der Waals surface area contributed by atoms with Gasteiger partial charge in [0.05, 0.1) is 6.54 Å². The zero-order chi connectivity index (χ0) is 18.6. The fourth-order valence-electron chi connectivity index (χ4n) is 3.81. The van der Waals surface area contributed by atoms with Gasteiger partial charge in [0, 0.05) is 22.7 Å². The van der Waals surface area contributed by atoms with Gasteiger partial charge in [0.1, 0.15) is 13.2 Å². The van der Waals surface area contributed by atoms with E-state index in [4.69, 9.17) is 21.7 Å². The highest BCUT2D eigenvalue weighted by molar-refractivity contribution is 7.80. The van der Waals surface area contributed by atoms with Gasteiger partial charge in [-0.1, -0.05) is 25.8 Å². The molecule has 2 heterocycles. The van der Waals surface area contributed by atoms with Crippen molar-refractivity contribution in [1.82, 2.24) is 5.32 Å². The Kier molecular flexibility index (Phi) is 5.83. The third-order valence-corrected chi connectivity index (χ3v) is 6.60. The van der Waals surface area contributed by atoms with Crippen LogP contribution in [0.5, 0.6) is 11.5 Å². The molecule has 1 aromatic heterocycles. The van der Waals surface area contributed by atoms with Crippen LogP contribution in [0.4, 0.5) is 5.69 Å². The number of benzene rings is 1. The van der Waals surface area contributed by atoms with Gasteiger partial charge < -0.3 is 19.7 Å². The third kappa shape index (κ3) is 4.38. The molecule has 0 saturated heterocycles. The molecule has 1 N–H and O–H groups in total. The number of hydrogen-bond acceptors (Lipinski definition) is 4. The molecule has 2 aromatic rings. The average Bonchev–Trinajstić information content (AvgIpc) is 3.21. The summed E-state index contributed by atoms with van der Waals surface area (Å²) in [7, 11) is 0. The Hall–Kier alpha value is -1.79. The van der Waals surface area contributed by atoms with Gasteiger partial charge >= 0.3 is 0 Å². The Labute approximate surface area is 170 Å². The van der Waals surface area contributed by atoms with Crippen molar-refractivity contribution in [3.05, 3.63) is 40.6 Å². The second-order valence-electron chi connectivity index (χ2n) is 7.31. The van der Waals surface area contributed by atoms with Crippen molar-refractivity contribution in [3.8, 4) is 11.5 Å². The molecule has 0 unspecified atom stereocenters. The van der Waals surface area contributed by atoms with Crippen molar-refractivity contribution in [3.63, 3.8) is 0 Å². The molecule has 0 spiro atoms. The average molecular weight is 403 g/mol. The number of thiophene rings is 1. The van der Waals surface area contributed by atoms with Crippen molar-refractivity contribution >= 4 is 34.4 Å². The minimum atomic E-state index is 0.453. The van der Waals surface area contributed by atoms with Crippen LogP contribution in [0.3, 0.4) is 0 Å². The summed E-state index contributed by atoms with van der Waals surface area (Å²) in [5, 5.41) is 6.55. The first kappa shape index (κ1) is 18.6. The number of rotatable bonds is 4. The van der Waals surface area contributed by atoms with Crippen LogP contribution in [0.2, 0.25) is 0 Å². The third-order valence-electron chi connectivity index (χ3n) is 5.40. The van der Waals surface area contributed by atoms with Crippen molar-refractivity contribution in [2.45, 2.75) is 45.2 Å². The molecule has 6 heteroatoms. The van der Waals surface area contributed by atoms with Gasteiger partial charge in [-0.25, -0.2) is 0 Å². The van der Waals surface area contributed by atoms with E-state index in [0.29, 0.717) is 25.2 Å². The molecule has 0 amide bonds. The monoisotopic (exact) mass is 402 g/mol. The van der Waals surface area contributed by atoms with Crippen LogP contribution >= 0.6 is 23.6 Å². The number of nitrogens with zero attached hydrogens (tertiary/aromatic N) is 1. The first-order valence-electron chi connectivity index (χ1n) is 9.71. The van der Waals surface area contributed by atoms with Crippen LogP contribution in [-0.4, -0.2) is 24.4 Å². The van der Waals surface area contributed by atoms with Crippen LogP contribution in [0, 0.1) is 5.92 Å². The van der Waals surface area contributed by atoms with Gasteiger partial charge in [-0.15, -0.1) is 11.3 Å². The van der Waals surface area contributed by atoms with E-state index in [1.807, 2.05) is 12.1 Å². The summed E-state index contributed by atoms with van der Waals surface area (Å²) in [4.78, 5) is 3.46. The highest BCUT2D eigenvalue weighted by Crippen LogP contribution is 2.35. The maximum atomic E-state index is 5.87. The van der Waals surface area contributed by atoms with E-state index < -0.39 is 0 Å². The second-order valence-corrected chi connectivity index (χ2v) is 8.73. The summed E-state index contributed by atoms with van der Waals surface area (Å²) >= 11 is 7.62. The van der Waals surface area contributed by atoms with E-state index >= 15 is 0 Å². The van der Waals surface area contributed by atoms with Gasteiger partial charge in [0.15, 0.2) is 16.6 Å². The molecule has 1 aliphatic heterocycles. The van der Waals surface area contributed by atoms with E-state index in [-0.39, 0.29) is 0 Å². The summed E-state index contributed by atoms with van der Waals surface area (Å²) in [6.45, 7) is 4.27. The quantitative estimate of drug-likeness (QED) is 0.730. The predicted octanol–water partition coefficient (Wildman–Crippen LogP) is 4.98. The Bertz CT molecular complexity index is 778. The van der Waals surface area contributed by atoms with Gasteiger partial charge in [-0.05, 0) is 54.6 Å². The van der Waals surface area contributed by atoms with Crippen LogP contribution in [0.25, 0.3) is 0 Å². The Balaban J connectivity index is 1.57. The number of thiocarbonyl (C=S) groups is 1. The standard InChI is InChI=1S/C21H26N2O2S2/c1-15-5-2-3-7-18(15)22-21(26)23(14-17-6-4-12-27-17)16-8-9-19-20(13-16)25-11-10-24-19/h4,6,8-9,12-13,15,18H,2-3,5,7,10-11,14H2,1H3,(H,22,26)/t15-,18+/m0/s1. The number of hydrogen-bond donors (Lipinski definition) is 1. The second kappa shape index (κ2) is 8.48. The highest BCUT2D eigenvalue weighted by Gasteiger charge is 2.25. The Morgan fingerprint density at radius 2 is 2.00 bits per heavy atom. The first-order valence-corrected chi connectivity index (χ1v) is 11.0. The van der Waals surface area contributed by atoms with Crippen molar-refractivity contribution in [2.24, 2.45) is 5.92 Å². The largest absolute Gasteiger partial charge is 0.486 e. The minimum Gasteiger partial charge on any atom is -0.486 e. The number of anilines is 1. The zero-order valence-electron chi connectivity index (χ0n) is 15.6. The van der Waals surface area contributed by atoms with E-state index in [9.17, 15) is 0 Å². The molecule has 1 aliphatic carbocycles. The van der Waals surface area contributed by atoms with E-state index in [1.165, 1.54) is 30.6 Å². The lowest BCUT2D eigenvalue weighted by Gasteiger charge is -2.34. The van der Waals surface area contributed by atoms with Gasteiger partial charge in [-0.3, -0.25) is 0 Å². The van der Waals surface area contributed by atoms with Crippen LogP contribution < -0.4 is 19.7 Å². The number of ether oxygens (including phenoxy) is 2. The van der Waals surface area contributed by atoms with E-state index in [1.54, 1.807) is 11.3 Å². The molecule has 27 heavy (non-hydrogen) atoms. The lowest BCUT2D eigenvalue weighted by atomic mass is 9.86. The fraction of sp³-hybridized carbons (Fsp3) is 0.476. The van der Waals surface area contributed by atoms with Crippen LogP contribution in [-0.2, 0) is 6.54 Å². The maximum absolute atomic E-state index is 5.87. The summed E-state index contributed by atoms with van der Waals surface area (Å²) in [6.07, 6.45) is 5.07. The van der Waals surface area contributed by atoms with Crippen molar-refractivity contribution in [2.75, 3.05) is 18.1 Å². The summed E-state index contributed by atoms with van der Waals surface area (Å²) in [6, 6.07) is 10.8. The van der Waals surface area contributed by atoms with Crippen LogP contribution in [0.15, 0.2) is 35.7 Å². The molecule has 4 rings (SSSR count). The normalized spacial score (nSPS) is 21.5. The summed E-state index contributed by atoms with van der Waals surface area (Å²) in [5.74, 6) is 2.25. The fourth-order valence-corrected chi connectivity index (χ4v) is 4.82. The lowest BCUT2D eigenvalue weighted by molar-refractivity contribution is 0.171. The maximum Gasteiger partial charge on any atom is 0.174 e. The molecular weight excluding hydrogens is 376 g/mol. The van der Waals surface area contributed by atoms with E-state index in [2.05, 4.69) is 40.7 Å². The van der Waals surface area contributed by atoms with Crippen molar-refractivity contribution < 1.29 is 9.47 Å². The summed E-state index contributed by atoms with van der Waals surface area (Å²) < 4.78 is 11.5. The first-order chi connectivity index (χ1) is 13.2. The molecule has 0 radical (unpaired) electrons. The Morgan fingerprint density at radius 1 is 1.19 bits per heavy atom. The van der Waals surface area contributed by atoms with Gasteiger partial charge in [0.25, 0.3) is 0 Å².